The van der Waals surface area contributed by atoms with Crippen molar-refractivity contribution in [3.63, 3.8) is 0 Å². The Morgan fingerprint density at radius 3 is 2.25 bits per heavy atom. The average Bonchev–Trinajstić information content (AvgIpc) is 2.44. The van der Waals surface area contributed by atoms with Crippen molar-refractivity contribution in [2.75, 3.05) is 5.32 Å². The van der Waals surface area contributed by atoms with Crippen LogP contribution in [0.5, 0.6) is 0 Å². The molecule has 3 N–H and O–H groups in total. The minimum atomic E-state index is -0.587. The predicted molar refractivity (Wildman–Crippen MR) is 88.6 cm³/mol. The summed E-state index contributed by atoms with van der Waals surface area (Å²) in [5, 5.41) is 2.84. The van der Waals surface area contributed by atoms with E-state index >= 15 is 0 Å². The molecule has 0 saturated heterocycles. The number of nitrogens with one attached hydrogen (secondary N) is 1. The third-order valence-electron chi connectivity index (χ3n) is 2.85. The summed E-state index contributed by atoms with van der Waals surface area (Å²) >= 11 is 6.81. The molecule has 2 aromatic rings. The van der Waals surface area contributed by atoms with Gasteiger partial charge in [-0.25, -0.2) is 0 Å². The molecule has 0 heterocycles. The Morgan fingerprint density at radius 2 is 1.65 bits per heavy atom. The minimum Gasteiger partial charge on any atom is -0.323 e. The van der Waals surface area contributed by atoms with Crippen LogP contribution in [0.15, 0.2) is 57.5 Å². The van der Waals surface area contributed by atoms with Gasteiger partial charge in [-0.05, 0) is 56.0 Å². The first-order valence-electron chi connectivity index (χ1n) is 6.12. The van der Waals surface area contributed by atoms with Crippen molar-refractivity contribution in [3.8, 4) is 0 Å². The van der Waals surface area contributed by atoms with Crippen LogP contribution in [0.1, 0.15) is 5.56 Å². The molecule has 3 nitrogen and oxygen atoms in total. The molecule has 1 atom stereocenters. The number of carbonyl (C=O) groups excluding carboxylic acids is 1. The summed E-state index contributed by atoms with van der Waals surface area (Å²) in [5.41, 5.74) is 7.69. The zero-order valence-corrected chi connectivity index (χ0v) is 13.8. The Kier molecular flexibility index (Phi) is 5.34. The summed E-state index contributed by atoms with van der Waals surface area (Å²) in [6.45, 7) is 0. The third-order valence-corrected chi connectivity index (χ3v) is 4.17. The van der Waals surface area contributed by atoms with Gasteiger partial charge in [-0.1, -0.05) is 36.4 Å². The van der Waals surface area contributed by atoms with E-state index in [0.717, 1.165) is 14.5 Å². The molecule has 0 saturated carbocycles. The molecule has 2 rings (SSSR count). The van der Waals surface area contributed by atoms with Crippen molar-refractivity contribution in [1.82, 2.24) is 0 Å². The maximum atomic E-state index is 12.1. The number of nitrogens with two attached hydrogens (primary N) is 1. The summed E-state index contributed by atoms with van der Waals surface area (Å²) in [4.78, 5) is 12.1. The van der Waals surface area contributed by atoms with Crippen molar-refractivity contribution in [3.05, 3.63) is 63.0 Å². The van der Waals surface area contributed by atoms with Crippen LogP contribution in [0.3, 0.4) is 0 Å². The van der Waals surface area contributed by atoms with Gasteiger partial charge in [0.1, 0.15) is 0 Å². The van der Waals surface area contributed by atoms with Gasteiger partial charge in [-0.15, -0.1) is 0 Å². The maximum absolute atomic E-state index is 12.1. The molecule has 1 amide bonds. The lowest BCUT2D eigenvalue weighted by Gasteiger charge is -2.14. The quantitative estimate of drug-likeness (QED) is 0.825. The van der Waals surface area contributed by atoms with Gasteiger partial charge < -0.3 is 11.1 Å². The van der Waals surface area contributed by atoms with Crippen LogP contribution >= 0.6 is 31.9 Å². The van der Waals surface area contributed by atoms with Crippen LogP contribution in [-0.2, 0) is 11.2 Å². The van der Waals surface area contributed by atoms with Crippen molar-refractivity contribution in [2.45, 2.75) is 12.5 Å². The molecule has 104 valence electrons. The molecule has 20 heavy (non-hydrogen) atoms. The Labute approximate surface area is 134 Å². The molecule has 2 aromatic carbocycles. The largest absolute Gasteiger partial charge is 0.323 e. The van der Waals surface area contributed by atoms with E-state index in [0.29, 0.717) is 12.1 Å². The first-order chi connectivity index (χ1) is 9.58. The van der Waals surface area contributed by atoms with Gasteiger partial charge in [0.2, 0.25) is 5.91 Å². The summed E-state index contributed by atoms with van der Waals surface area (Å²) in [5.74, 6) is -0.207. The molecule has 0 unspecified atom stereocenters. The molecule has 0 aliphatic heterocycles. The number of anilines is 1. The average molecular weight is 398 g/mol. The monoisotopic (exact) mass is 396 g/mol. The molecular weight excluding hydrogens is 384 g/mol. The van der Waals surface area contributed by atoms with E-state index in [2.05, 4.69) is 37.2 Å². The van der Waals surface area contributed by atoms with Gasteiger partial charge in [0, 0.05) is 8.95 Å². The number of hydrogen-bond donors (Lipinski definition) is 2. The number of rotatable bonds is 4. The fourth-order valence-electron chi connectivity index (χ4n) is 1.79. The molecule has 0 radical (unpaired) electrons. The highest BCUT2D eigenvalue weighted by molar-refractivity contribution is 9.11. The van der Waals surface area contributed by atoms with E-state index in [-0.39, 0.29) is 5.91 Å². The highest BCUT2D eigenvalue weighted by Crippen LogP contribution is 2.30. The molecule has 0 aromatic heterocycles. The molecule has 0 fully saturated rings. The van der Waals surface area contributed by atoms with E-state index in [4.69, 9.17) is 5.73 Å². The van der Waals surface area contributed by atoms with Crippen LogP contribution in [0.2, 0.25) is 0 Å². The second-order valence-electron chi connectivity index (χ2n) is 4.38. The molecule has 5 heteroatoms. The predicted octanol–water partition coefficient (Wildman–Crippen LogP) is 3.72. The van der Waals surface area contributed by atoms with Gasteiger partial charge in [0.15, 0.2) is 0 Å². The molecule has 0 spiro atoms. The second kappa shape index (κ2) is 7.02. The molecule has 0 bridgehead atoms. The van der Waals surface area contributed by atoms with Crippen molar-refractivity contribution < 1.29 is 4.79 Å². The van der Waals surface area contributed by atoms with Gasteiger partial charge in [-0.2, -0.15) is 0 Å². The van der Waals surface area contributed by atoms with E-state index in [1.54, 1.807) is 0 Å². The van der Waals surface area contributed by atoms with Gasteiger partial charge >= 0.3 is 0 Å². The smallest absolute Gasteiger partial charge is 0.241 e. The fraction of sp³-hybridized carbons (Fsp3) is 0.133. The summed E-state index contributed by atoms with van der Waals surface area (Å²) in [6, 6.07) is 14.8. The Hall–Kier alpha value is -1.17. The molecule has 0 aliphatic carbocycles. The Bertz CT molecular complexity index is 582. The van der Waals surface area contributed by atoms with Gasteiger partial charge in [0.25, 0.3) is 0 Å². The normalized spacial score (nSPS) is 11.9. The highest BCUT2D eigenvalue weighted by Gasteiger charge is 2.16. The van der Waals surface area contributed by atoms with Crippen LogP contribution in [0, 0.1) is 0 Å². The minimum absolute atomic E-state index is 0.207. The highest BCUT2D eigenvalue weighted by atomic mass is 79.9. The summed E-state index contributed by atoms with van der Waals surface area (Å²) in [7, 11) is 0. The first kappa shape index (κ1) is 15.2. The van der Waals surface area contributed by atoms with Crippen LogP contribution in [0.4, 0.5) is 5.69 Å². The topological polar surface area (TPSA) is 55.1 Å². The van der Waals surface area contributed by atoms with E-state index in [1.807, 2.05) is 48.5 Å². The lowest BCUT2D eigenvalue weighted by Crippen LogP contribution is -2.37. The van der Waals surface area contributed by atoms with Crippen molar-refractivity contribution >= 4 is 43.5 Å². The van der Waals surface area contributed by atoms with E-state index in [1.165, 1.54) is 0 Å². The SMILES string of the molecule is N[C@H](Cc1ccccc1)C(=O)Nc1c(Br)cccc1Br. The van der Waals surface area contributed by atoms with E-state index < -0.39 is 6.04 Å². The summed E-state index contributed by atoms with van der Waals surface area (Å²) < 4.78 is 1.62. The molecular formula is C15H14Br2N2O. The summed E-state index contributed by atoms with van der Waals surface area (Å²) in [6.07, 6.45) is 0.509. The third kappa shape index (κ3) is 3.91. The van der Waals surface area contributed by atoms with Crippen LogP contribution in [0.25, 0.3) is 0 Å². The number of carbonyl (C=O) groups is 1. The standard InChI is InChI=1S/C15H14Br2N2O/c16-11-7-4-8-12(17)14(11)19-15(20)13(18)9-10-5-2-1-3-6-10/h1-8,13H,9,18H2,(H,19,20)/t13-/m1/s1. The Morgan fingerprint density at radius 1 is 1.05 bits per heavy atom. The van der Waals surface area contributed by atoms with Crippen LogP contribution < -0.4 is 11.1 Å². The van der Waals surface area contributed by atoms with Crippen LogP contribution in [-0.4, -0.2) is 11.9 Å². The van der Waals surface area contributed by atoms with Crippen molar-refractivity contribution in [1.29, 1.82) is 0 Å². The zero-order valence-electron chi connectivity index (χ0n) is 10.6. The lowest BCUT2D eigenvalue weighted by molar-refractivity contribution is -0.117. The number of halogens is 2. The zero-order chi connectivity index (χ0) is 14.5. The maximum Gasteiger partial charge on any atom is 0.241 e. The first-order valence-corrected chi connectivity index (χ1v) is 7.71. The number of amides is 1. The number of hydrogen-bond acceptors (Lipinski definition) is 2. The lowest BCUT2D eigenvalue weighted by atomic mass is 10.1. The van der Waals surface area contributed by atoms with E-state index in [9.17, 15) is 4.79 Å². The fourth-order valence-corrected chi connectivity index (χ4v) is 2.99. The Balaban J connectivity index is 2.05. The molecule has 0 aliphatic rings. The number of para-hydroxylation sites is 1. The second-order valence-corrected chi connectivity index (χ2v) is 6.09. The van der Waals surface area contributed by atoms with Gasteiger partial charge in [-0.3, -0.25) is 4.79 Å². The number of benzene rings is 2. The van der Waals surface area contributed by atoms with Gasteiger partial charge in [0.05, 0.1) is 11.7 Å². The van der Waals surface area contributed by atoms with Crippen molar-refractivity contribution in [2.24, 2.45) is 5.73 Å².